The van der Waals surface area contributed by atoms with E-state index in [0.29, 0.717) is 17.5 Å². The molecule has 0 radical (unpaired) electrons. The van der Waals surface area contributed by atoms with Crippen molar-refractivity contribution in [1.82, 2.24) is 19.7 Å². The van der Waals surface area contributed by atoms with Gasteiger partial charge in [-0.15, -0.1) is 0 Å². The first-order valence-corrected chi connectivity index (χ1v) is 9.68. The maximum atomic E-state index is 12.7. The summed E-state index contributed by atoms with van der Waals surface area (Å²) in [4.78, 5) is 19.1. The molecule has 3 heterocycles. The molecule has 6 heteroatoms. The van der Waals surface area contributed by atoms with Crippen molar-refractivity contribution >= 4 is 11.7 Å². The minimum absolute atomic E-state index is 0.0943. The SMILES string of the molecule is C[C@@H](Nc1ccc(C(=O)N2CCC(Cn3cccn3)CC2)cn1)C1CC1. The average molecular weight is 353 g/mol. The molecule has 26 heavy (non-hydrogen) atoms. The van der Waals surface area contributed by atoms with E-state index in [1.165, 1.54) is 12.8 Å². The molecule has 1 saturated heterocycles. The average Bonchev–Trinajstić information content (AvgIpc) is 3.40. The maximum absolute atomic E-state index is 12.7. The highest BCUT2D eigenvalue weighted by Crippen LogP contribution is 2.33. The molecule has 6 nitrogen and oxygen atoms in total. The number of likely N-dealkylation sites (tertiary alicyclic amines) is 1. The highest BCUT2D eigenvalue weighted by Gasteiger charge is 2.28. The van der Waals surface area contributed by atoms with Gasteiger partial charge in [-0.05, 0) is 62.6 Å². The fraction of sp³-hybridized carbons (Fsp3) is 0.550. The molecule has 2 aromatic heterocycles. The molecule has 1 aliphatic heterocycles. The molecule has 0 aromatic carbocycles. The number of carbonyl (C=O) groups is 1. The Kier molecular flexibility index (Phi) is 4.91. The van der Waals surface area contributed by atoms with Crippen molar-refractivity contribution in [2.24, 2.45) is 11.8 Å². The second kappa shape index (κ2) is 7.48. The topological polar surface area (TPSA) is 63.1 Å². The van der Waals surface area contributed by atoms with Crippen molar-refractivity contribution in [3.05, 3.63) is 42.4 Å². The number of aromatic nitrogens is 3. The van der Waals surface area contributed by atoms with Gasteiger partial charge in [-0.3, -0.25) is 9.48 Å². The third kappa shape index (κ3) is 4.06. The van der Waals surface area contributed by atoms with Crippen LogP contribution < -0.4 is 5.32 Å². The number of nitrogens with one attached hydrogen (secondary N) is 1. The summed E-state index contributed by atoms with van der Waals surface area (Å²) in [6.07, 6.45) is 10.2. The van der Waals surface area contributed by atoms with Crippen LogP contribution in [0, 0.1) is 11.8 Å². The number of carbonyl (C=O) groups excluding carboxylic acids is 1. The van der Waals surface area contributed by atoms with Crippen LogP contribution in [0.5, 0.6) is 0 Å². The Morgan fingerprint density at radius 2 is 2.08 bits per heavy atom. The molecule has 0 spiro atoms. The fourth-order valence-corrected chi connectivity index (χ4v) is 3.73. The number of nitrogens with zero attached hydrogens (tertiary/aromatic N) is 4. The van der Waals surface area contributed by atoms with Crippen LogP contribution in [0.4, 0.5) is 5.82 Å². The van der Waals surface area contributed by atoms with Gasteiger partial charge in [0.05, 0.1) is 5.56 Å². The van der Waals surface area contributed by atoms with Crippen LogP contribution in [0.15, 0.2) is 36.8 Å². The Bertz CT molecular complexity index is 715. The zero-order chi connectivity index (χ0) is 17.9. The van der Waals surface area contributed by atoms with Crippen LogP contribution in [0.1, 0.15) is 43.0 Å². The molecule has 1 saturated carbocycles. The van der Waals surface area contributed by atoms with Crippen LogP contribution >= 0.6 is 0 Å². The van der Waals surface area contributed by atoms with Gasteiger partial charge in [0, 0.05) is 44.3 Å². The largest absolute Gasteiger partial charge is 0.367 e. The molecule has 1 N–H and O–H groups in total. The van der Waals surface area contributed by atoms with Crippen molar-refractivity contribution in [2.75, 3.05) is 18.4 Å². The molecule has 1 atom stereocenters. The Labute approximate surface area is 154 Å². The minimum atomic E-state index is 0.0943. The molecule has 0 unspecified atom stereocenters. The zero-order valence-corrected chi connectivity index (χ0v) is 15.3. The lowest BCUT2D eigenvalue weighted by Gasteiger charge is -2.32. The molecule has 138 valence electrons. The summed E-state index contributed by atoms with van der Waals surface area (Å²) in [5.41, 5.74) is 0.681. The van der Waals surface area contributed by atoms with Crippen molar-refractivity contribution in [1.29, 1.82) is 0 Å². The number of amides is 1. The molecule has 2 aromatic rings. The van der Waals surface area contributed by atoms with Crippen LogP contribution in [-0.2, 0) is 6.54 Å². The van der Waals surface area contributed by atoms with E-state index in [1.54, 1.807) is 6.20 Å². The molecule has 1 amide bonds. The number of hydrogen-bond acceptors (Lipinski definition) is 4. The summed E-state index contributed by atoms with van der Waals surface area (Å²) in [6, 6.07) is 6.23. The third-order valence-corrected chi connectivity index (χ3v) is 5.62. The second-order valence-electron chi connectivity index (χ2n) is 7.67. The van der Waals surface area contributed by atoms with Crippen LogP contribution in [-0.4, -0.2) is 44.7 Å². The summed E-state index contributed by atoms with van der Waals surface area (Å²) in [5, 5.41) is 7.71. The van der Waals surface area contributed by atoms with E-state index >= 15 is 0 Å². The highest BCUT2D eigenvalue weighted by molar-refractivity contribution is 5.94. The van der Waals surface area contributed by atoms with E-state index < -0.39 is 0 Å². The normalized spacial score (nSPS) is 19.3. The monoisotopic (exact) mass is 353 g/mol. The van der Waals surface area contributed by atoms with Crippen molar-refractivity contribution in [3.63, 3.8) is 0 Å². The number of piperidine rings is 1. The molecular weight excluding hydrogens is 326 g/mol. The van der Waals surface area contributed by atoms with E-state index in [0.717, 1.165) is 44.2 Å². The van der Waals surface area contributed by atoms with Gasteiger partial charge in [0.1, 0.15) is 5.82 Å². The van der Waals surface area contributed by atoms with Gasteiger partial charge in [-0.1, -0.05) is 0 Å². The van der Waals surface area contributed by atoms with Crippen molar-refractivity contribution < 1.29 is 4.79 Å². The summed E-state index contributed by atoms with van der Waals surface area (Å²) in [5.74, 6) is 2.32. The Morgan fingerprint density at radius 1 is 1.27 bits per heavy atom. The Balaban J connectivity index is 1.29. The summed E-state index contributed by atoms with van der Waals surface area (Å²) in [7, 11) is 0. The quantitative estimate of drug-likeness (QED) is 0.867. The highest BCUT2D eigenvalue weighted by atomic mass is 16.2. The lowest BCUT2D eigenvalue weighted by Crippen LogP contribution is -2.39. The standard InChI is InChI=1S/C20H27N5O/c1-15(17-3-4-17)23-19-6-5-18(13-21-19)20(26)24-11-7-16(8-12-24)14-25-10-2-9-22-25/h2,5-6,9-10,13,15-17H,3-4,7-8,11-12,14H2,1H3,(H,21,23)/t15-/m1/s1. The van der Waals surface area contributed by atoms with Gasteiger partial charge in [0.2, 0.25) is 0 Å². The number of anilines is 1. The fourth-order valence-electron chi connectivity index (χ4n) is 3.73. The molecular formula is C20H27N5O. The number of pyridine rings is 1. The Morgan fingerprint density at radius 3 is 2.69 bits per heavy atom. The number of hydrogen-bond donors (Lipinski definition) is 1. The van der Waals surface area contributed by atoms with E-state index in [2.05, 4.69) is 22.3 Å². The van der Waals surface area contributed by atoms with Crippen LogP contribution in [0.3, 0.4) is 0 Å². The predicted octanol–water partition coefficient (Wildman–Crippen LogP) is 3.04. The minimum Gasteiger partial charge on any atom is -0.367 e. The van der Waals surface area contributed by atoms with Crippen LogP contribution in [0.25, 0.3) is 0 Å². The lowest BCUT2D eigenvalue weighted by molar-refractivity contribution is 0.0681. The Hall–Kier alpha value is -2.37. The van der Waals surface area contributed by atoms with E-state index in [9.17, 15) is 4.79 Å². The number of rotatable bonds is 6. The molecule has 0 bridgehead atoms. The van der Waals surface area contributed by atoms with Crippen LogP contribution in [0.2, 0.25) is 0 Å². The first-order valence-electron chi connectivity index (χ1n) is 9.68. The van der Waals surface area contributed by atoms with Gasteiger partial charge in [-0.25, -0.2) is 4.98 Å². The van der Waals surface area contributed by atoms with Gasteiger partial charge < -0.3 is 10.2 Å². The van der Waals surface area contributed by atoms with E-state index in [1.807, 2.05) is 40.2 Å². The van der Waals surface area contributed by atoms with Gasteiger partial charge in [0.15, 0.2) is 0 Å². The van der Waals surface area contributed by atoms with Gasteiger partial charge in [0.25, 0.3) is 5.91 Å². The summed E-state index contributed by atoms with van der Waals surface area (Å²) < 4.78 is 1.99. The van der Waals surface area contributed by atoms with Gasteiger partial charge in [-0.2, -0.15) is 5.10 Å². The molecule has 1 aliphatic carbocycles. The lowest BCUT2D eigenvalue weighted by atomic mass is 9.96. The van der Waals surface area contributed by atoms with Crippen molar-refractivity contribution in [2.45, 2.75) is 45.2 Å². The summed E-state index contributed by atoms with van der Waals surface area (Å²) in [6.45, 7) is 4.76. The predicted molar refractivity (Wildman–Crippen MR) is 101 cm³/mol. The third-order valence-electron chi connectivity index (χ3n) is 5.62. The van der Waals surface area contributed by atoms with Crippen molar-refractivity contribution in [3.8, 4) is 0 Å². The molecule has 2 aliphatic rings. The zero-order valence-electron chi connectivity index (χ0n) is 15.3. The maximum Gasteiger partial charge on any atom is 0.255 e. The first-order chi connectivity index (χ1) is 12.7. The summed E-state index contributed by atoms with van der Waals surface area (Å²) >= 11 is 0. The smallest absolute Gasteiger partial charge is 0.255 e. The molecule has 2 fully saturated rings. The van der Waals surface area contributed by atoms with Gasteiger partial charge >= 0.3 is 0 Å². The second-order valence-corrected chi connectivity index (χ2v) is 7.67. The first kappa shape index (κ1) is 17.1. The van der Waals surface area contributed by atoms with E-state index in [4.69, 9.17) is 0 Å². The van der Waals surface area contributed by atoms with E-state index in [-0.39, 0.29) is 5.91 Å². The molecule has 4 rings (SSSR count).